The zero-order chi connectivity index (χ0) is 8.60. The molecule has 3 nitrogen and oxygen atoms in total. The maximum absolute atomic E-state index is 5.18. The Hall–Kier alpha value is -0.830. The number of ether oxygens (including phenoxy) is 1. The normalized spacial score (nSPS) is 20.5. The zero-order valence-electron chi connectivity index (χ0n) is 7.58. The number of aryl methyl sites for hydroxylation is 1. The van der Waals surface area contributed by atoms with Crippen molar-refractivity contribution in [2.75, 3.05) is 13.2 Å². The molecule has 1 fully saturated rings. The molecule has 2 heterocycles. The Morgan fingerprint density at radius 3 is 2.83 bits per heavy atom. The summed E-state index contributed by atoms with van der Waals surface area (Å²) in [5.41, 5.74) is 1.54. The molecule has 12 heavy (non-hydrogen) atoms. The number of rotatable bonds is 2. The second-order valence-electron chi connectivity index (χ2n) is 4.02. The lowest BCUT2D eigenvalue weighted by Crippen LogP contribution is -2.43. The van der Waals surface area contributed by atoms with Crippen molar-refractivity contribution in [2.45, 2.75) is 20.4 Å². The van der Waals surface area contributed by atoms with Crippen molar-refractivity contribution in [2.24, 2.45) is 5.41 Å². The first-order chi connectivity index (χ1) is 5.68. The molecule has 0 aromatic carbocycles. The van der Waals surface area contributed by atoms with Crippen LogP contribution in [0.25, 0.3) is 0 Å². The van der Waals surface area contributed by atoms with Gasteiger partial charge in [0.2, 0.25) is 0 Å². The molecular formula is C9H14N2O. The van der Waals surface area contributed by atoms with Crippen molar-refractivity contribution in [1.82, 2.24) is 9.78 Å². The molecule has 1 saturated heterocycles. The lowest BCUT2D eigenvalue weighted by atomic mass is 9.89. The fourth-order valence-corrected chi connectivity index (χ4v) is 1.49. The molecule has 0 amide bonds. The predicted octanol–water partition coefficient (Wildman–Crippen LogP) is 1.23. The van der Waals surface area contributed by atoms with E-state index in [-0.39, 0.29) is 0 Å². The fraction of sp³-hybridized carbons (Fsp3) is 0.667. The molecule has 0 bridgehead atoms. The van der Waals surface area contributed by atoms with Gasteiger partial charge in [-0.05, 0) is 12.5 Å². The highest BCUT2D eigenvalue weighted by Crippen LogP contribution is 2.28. The summed E-state index contributed by atoms with van der Waals surface area (Å²) < 4.78 is 7.17. The van der Waals surface area contributed by atoms with E-state index in [1.165, 1.54) is 5.56 Å². The summed E-state index contributed by atoms with van der Waals surface area (Å²) in [6.07, 6.45) is 3.96. The summed E-state index contributed by atoms with van der Waals surface area (Å²) >= 11 is 0. The first-order valence-electron chi connectivity index (χ1n) is 4.25. The predicted molar refractivity (Wildman–Crippen MR) is 45.9 cm³/mol. The van der Waals surface area contributed by atoms with Crippen LogP contribution in [0.1, 0.15) is 12.5 Å². The van der Waals surface area contributed by atoms with Crippen LogP contribution in [0.4, 0.5) is 0 Å². The van der Waals surface area contributed by atoms with Crippen LogP contribution in [0.15, 0.2) is 12.4 Å². The summed E-state index contributed by atoms with van der Waals surface area (Å²) in [6.45, 7) is 7.00. The molecular weight excluding hydrogens is 152 g/mol. The number of aromatic nitrogens is 2. The summed E-state index contributed by atoms with van der Waals surface area (Å²) in [5.74, 6) is 0. The Balaban J connectivity index is 2.03. The average Bonchev–Trinajstić information content (AvgIpc) is 2.32. The molecule has 0 spiro atoms. The van der Waals surface area contributed by atoms with Crippen molar-refractivity contribution >= 4 is 0 Å². The maximum atomic E-state index is 5.18. The molecule has 0 saturated carbocycles. The van der Waals surface area contributed by atoms with Gasteiger partial charge in [-0.1, -0.05) is 6.92 Å². The Labute approximate surface area is 72.3 Å². The standard InChI is InChI=1S/C9H14N2O/c1-8-3-10-11(4-8)5-9(2)6-12-7-9/h3-4H,5-7H2,1-2H3. The molecule has 0 N–H and O–H groups in total. The van der Waals surface area contributed by atoms with E-state index in [4.69, 9.17) is 4.74 Å². The monoisotopic (exact) mass is 166 g/mol. The smallest absolute Gasteiger partial charge is 0.0560 e. The largest absolute Gasteiger partial charge is 0.380 e. The van der Waals surface area contributed by atoms with Crippen LogP contribution in [0.3, 0.4) is 0 Å². The van der Waals surface area contributed by atoms with E-state index in [1.807, 2.05) is 10.9 Å². The minimum atomic E-state index is 0.318. The minimum absolute atomic E-state index is 0.318. The lowest BCUT2D eigenvalue weighted by Gasteiger charge is -2.37. The van der Waals surface area contributed by atoms with E-state index < -0.39 is 0 Å². The molecule has 1 aliphatic heterocycles. The summed E-state index contributed by atoms with van der Waals surface area (Å²) in [4.78, 5) is 0. The van der Waals surface area contributed by atoms with Crippen LogP contribution < -0.4 is 0 Å². The van der Waals surface area contributed by atoms with Gasteiger partial charge in [0, 0.05) is 11.6 Å². The molecule has 0 unspecified atom stereocenters. The van der Waals surface area contributed by atoms with E-state index in [0.29, 0.717) is 5.41 Å². The highest BCUT2D eigenvalue weighted by molar-refractivity contribution is 5.00. The van der Waals surface area contributed by atoms with E-state index in [9.17, 15) is 0 Å². The van der Waals surface area contributed by atoms with E-state index in [0.717, 1.165) is 19.8 Å². The van der Waals surface area contributed by atoms with Gasteiger partial charge in [0.15, 0.2) is 0 Å². The molecule has 2 rings (SSSR count). The fourth-order valence-electron chi connectivity index (χ4n) is 1.49. The zero-order valence-corrected chi connectivity index (χ0v) is 7.58. The van der Waals surface area contributed by atoms with Crippen molar-refractivity contribution in [3.8, 4) is 0 Å². The third-order valence-corrected chi connectivity index (χ3v) is 2.21. The van der Waals surface area contributed by atoms with Crippen molar-refractivity contribution in [3.05, 3.63) is 18.0 Å². The minimum Gasteiger partial charge on any atom is -0.380 e. The van der Waals surface area contributed by atoms with Gasteiger partial charge in [0.05, 0.1) is 26.0 Å². The number of hydrogen-bond donors (Lipinski definition) is 0. The summed E-state index contributed by atoms with van der Waals surface area (Å²) in [6, 6.07) is 0. The van der Waals surface area contributed by atoms with Gasteiger partial charge in [-0.2, -0.15) is 5.10 Å². The van der Waals surface area contributed by atoms with Crippen LogP contribution in [0.2, 0.25) is 0 Å². The van der Waals surface area contributed by atoms with Crippen molar-refractivity contribution in [3.63, 3.8) is 0 Å². The second-order valence-corrected chi connectivity index (χ2v) is 4.02. The van der Waals surface area contributed by atoms with Gasteiger partial charge < -0.3 is 4.74 Å². The van der Waals surface area contributed by atoms with Gasteiger partial charge in [0.25, 0.3) is 0 Å². The third-order valence-electron chi connectivity index (χ3n) is 2.21. The van der Waals surface area contributed by atoms with Crippen LogP contribution in [0.5, 0.6) is 0 Å². The van der Waals surface area contributed by atoms with Crippen LogP contribution in [-0.4, -0.2) is 23.0 Å². The van der Waals surface area contributed by atoms with E-state index in [1.54, 1.807) is 0 Å². The molecule has 0 atom stereocenters. The number of hydrogen-bond acceptors (Lipinski definition) is 2. The first-order valence-corrected chi connectivity index (χ1v) is 4.25. The van der Waals surface area contributed by atoms with Gasteiger partial charge in [-0.3, -0.25) is 4.68 Å². The molecule has 1 aromatic heterocycles. The Kier molecular flexibility index (Phi) is 1.68. The SMILES string of the molecule is Cc1cnn(CC2(C)COC2)c1. The van der Waals surface area contributed by atoms with Crippen LogP contribution >= 0.6 is 0 Å². The maximum Gasteiger partial charge on any atom is 0.0560 e. The first kappa shape index (κ1) is 7.80. The van der Waals surface area contributed by atoms with Crippen LogP contribution in [0, 0.1) is 12.3 Å². The number of nitrogens with zero attached hydrogens (tertiary/aromatic N) is 2. The van der Waals surface area contributed by atoms with Gasteiger partial charge in [-0.15, -0.1) is 0 Å². The van der Waals surface area contributed by atoms with Crippen LogP contribution in [-0.2, 0) is 11.3 Å². The highest BCUT2D eigenvalue weighted by Gasteiger charge is 2.33. The topological polar surface area (TPSA) is 27.1 Å². The molecule has 66 valence electrons. The molecule has 1 aromatic rings. The molecule has 3 heteroatoms. The van der Waals surface area contributed by atoms with E-state index in [2.05, 4.69) is 25.1 Å². The van der Waals surface area contributed by atoms with Crippen molar-refractivity contribution in [1.29, 1.82) is 0 Å². The molecule has 0 aliphatic carbocycles. The lowest BCUT2D eigenvalue weighted by molar-refractivity contribution is -0.111. The summed E-state index contributed by atoms with van der Waals surface area (Å²) in [5, 5.41) is 4.24. The molecule has 1 aliphatic rings. The van der Waals surface area contributed by atoms with Gasteiger partial charge >= 0.3 is 0 Å². The Morgan fingerprint density at radius 2 is 2.42 bits per heavy atom. The highest BCUT2D eigenvalue weighted by atomic mass is 16.5. The summed E-state index contributed by atoms with van der Waals surface area (Å²) in [7, 11) is 0. The Bertz CT molecular complexity index is 276. The van der Waals surface area contributed by atoms with E-state index >= 15 is 0 Å². The quantitative estimate of drug-likeness (QED) is 0.660. The van der Waals surface area contributed by atoms with Crippen molar-refractivity contribution < 1.29 is 4.74 Å². The Morgan fingerprint density at radius 1 is 1.67 bits per heavy atom. The van der Waals surface area contributed by atoms with Gasteiger partial charge in [-0.25, -0.2) is 0 Å². The third kappa shape index (κ3) is 1.37. The average molecular weight is 166 g/mol. The van der Waals surface area contributed by atoms with Gasteiger partial charge in [0.1, 0.15) is 0 Å². The second kappa shape index (κ2) is 2.59. The molecule has 0 radical (unpaired) electrons.